The Kier molecular flexibility index (Phi) is 6.02. The lowest BCUT2D eigenvalue weighted by molar-refractivity contribution is -0.136. The number of furan rings is 1. The number of aryl methyl sites for hydroxylation is 1. The van der Waals surface area contributed by atoms with Gasteiger partial charge in [-0.1, -0.05) is 18.2 Å². The Morgan fingerprint density at radius 2 is 1.69 bits per heavy atom. The smallest absolute Gasteiger partial charge is 0.359 e. The number of esters is 1. The minimum absolute atomic E-state index is 0.0105. The lowest BCUT2D eigenvalue weighted by Crippen LogP contribution is -2.51. The van der Waals surface area contributed by atoms with Crippen LogP contribution in [-0.2, 0) is 16.1 Å². The van der Waals surface area contributed by atoms with Crippen LogP contribution in [0.1, 0.15) is 28.0 Å². The standard InChI is InChI=1S/C22H22N4O6/c1-2-26-20(28)16-7-4-3-6-15(16)19(23-26)22(30)32-14-18(27)24-9-11-25(12-10-24)21(29)17-8-5-13-31-17/h3-8,13H,2,9-12,14H2,1H3. The van der Waals surface area contributed by atoms with E-state index >= 15 is 0 Å². The van der Waals surface area contributed by atoms with Gasteiger partial charge in [0.25, 0.3) is 17.4 Å². The second-order valence-electron chi connectivity index (χ2n) is 7.24. The number of amides is 2. The Balaban J connectivity index is 1.38. The molecule has 0 atom stereocenters. The molecular formula is C22H22N4O6. The highest BCUT2D eigenvalue weighted by atomic mass is 16.5. The zero-order chi connectivity index (χ0) is 22.7. The second-order valence-corrected chi connectivity index (χ2v) is 7.24. The molecule has 10 nitrogen and oxygen atoms in total. The molecule has 0 saturated carbocycles. The molecular weight excluding hydrogens is 416 g/mol. The molecule has 1 saturated heterocycles. The lowest BCUT2D eigenvalue weighted by Gasteiger charge is -2.34. The third-order valence-corrected chi connectivity index (χ3v) is 5.34. The van der Waals surface area contributed by atoms with E-state index in [4.69, 9.17) is 9.15 Å². The van der Waals surface area contributed by atoms with Crippen LogP contribution in [0.2, 0.25) is 0 Å². The average molecular weight is 438 g/mol. The summed E-state index contributed by atoms with van der Waals surface area (Å²) >= 11 is 0. The maximum atomic E-state index is 12.7. The zero-order valence-electron chi connectivity index (χ0n) is 17.5. The van der Waals surface area contributed by atoms with E-state index < -0.39 is 12.6 Å². The summed E-state index contributed by atoms with van der Waals surface area (Å²) in [5, 5.41) is 4.86. The van der Waals surface area contributed by atoms with E-state index in [0.29, 0.717) is 43.5 Å². The third-order valence-electron chi connectivity index (χ3n) is 5.34. The summed E-state index contributed by atoms with van der Waals surface area (Å²) in [4.78, 5) is 53.1. The number of rotatable bonds is 5. The summed E-state index contributed by atoms with van der Waals surface area (Å²) in [5.74, 6) is -1.11. The van der Waals surface area contributed by atoms with Crippen molar-refractivity contribution in [3.8, 4) is 0 Å². The van der Waals surface area contributed by atoms with Gasteiger partial charge in [-0.05, 0) is 25.1 Å². The molecule has 4 rings (SSSR count). The number of hydrogen-bond donors (Lipinski definition) is 0. The molecule has 10 heteroatoms. The van der Waals surface area contributed by atoms with E-state index in [1.54, 1.807) is 48.2 Å². The molecule has 1 fully saturated rings. The fraction of sp³-hybridized carbons (Fsp3) is 0.318. The number of nitrogens with zero attached hydrogens (tertiary/aromatic N) is 4. The highest BCUT2D eigenvalue weighted by molar-refractivity contribution is 6.02. The summed E-state index contributed by atoms with van der Waals surface area (Å²) in [6.45, 7) is 2.95. The Hall–Kier alpha value is -3.95. The topological polar surface area (TPSA) is 115 Å². The monoisotopic (exact) mass is 438 g/mol. The predicted molar refractivity (Wildman–Crippen MR) is 113 cm³/mol. The van der Waals surface area contributed by atoms with E-state index in [1.165, 1.54) is 15.8 Å². The van der Waals surface area contributed by atoms with Crippen LogP contribution in [0.15, 0.2) is 51.9 Å². The number of ether oxygens (including phenoxy) is 1. The van der Waals surface area contributed by atoms with Crippen LogP contribution in [0.4, 0.5) is 0 Å². The van der Waals surface area contributed by atoms with Gasteiger partial charge in [0.1, 0.15) is 0 Å². The largest absolute Gasteiger partial charge is 0.459 e. The minimum Gasteiger partial charge on any atom is -0.459 e. The number of carbonyl (C=O) groups excluding carboxylic acids is 3. The molecule has 3 aromatic rings. The fourth-order valence-corrected chi connectivity index (χ4v) is 3.60. The second kappa shape index (κ2) is 9.04. The van der Waals surface area contributed by atoms with E-state index in [-0.39, 0.29) is 28.8 Å². The highest BCUT2D eigenvalue weighted by Crippen LogP contribution is 2.15. The molecule has 1 aromatic carbocycles. The van der Waals surface area contributed by atoms with Gasteiger partial charge in [0.2, 0.25) is 0 Å². The van der Waals surface area contributed by atoms with Crippen molar-refractivity contribution < 1.29 is 23.5 Å². The van der Waals surface area contributed by atoms with Crippen LogP contribution in [-0.4, -0.2) is 70.1 Å². The van der Waals surface area contributed by atoms with E-state index in [1.807, 2.05) is 0 Å². The van der Waals surface area contributed by atoms with Gasteiger partial charge < -0.3 is 19.0 Å². The number of hydrogen-bond acceptors (Lipinski definition) is 7. The number of fused-ring (bicyclic) bond motifs is 1. The maximum absolute atomic E-state index is 12.7. The van der Waals surface area contributed by atoms with E-state index in [0.717, 1.165) is 0 Å². The van der Waals surface area contributed by atoms with Crippen LogP contribution in [0.25, 0.3) is 10.8 Å². The summed E-state index contributed by atoms with van der Waals surface area (Å²) in [6.07, 6.45) is 1.44. The van der Waals surface area contributed by atoms with Crippen LogP contribution in [0, 0.1) is 0 Å². The van der Waals surface area contributed by atoms with E-state index in [9.17, 15) is 19.2 Å². The third kappa shape index (κ3) is 4.11. The van der Waals surface area contributed by atoms with Crippen molar-refractivity contribution in [2.24, 2.45) is 0 Å². The first-order valence-electron chi connectivity index (χ1n) is 10.3. The van der Waals surface area contributed by atoms with Crippen molar-refractivity contribution in [3.63, 3.8) is 0 Å². The van der Waals surface area contributed by atoms with Gasteiger partial charge in [-0.3, -0.25) is 14.4 Å². The van der Waals surface area contributed by atoms with Crippen molar-refractivity contribution in [2.45, 2.75) is 13.5 Å². The molecule has 0 bridgehead atoms. The molecule has 1 aliphatic heterocycles. The normalized spacial score (nSPS) is 13.9. The first-order valence-corrected chi connectivity index (χ1v) is 10.3. The lowest BCUT2D eigenvalue weighted by atomic mass is 10.1. The van der Waals surface area contributed by atoms with Crippen LogP contribution in [0.5, 0.6) is 0 Å². The summed E-state index contributed by atoms with van der Waals surface area (Å²) in [7, 11) is 0. The van der Waals surface area contributed by atoms with Gasteiger partial charge in [-0.2, -0.15) is 5.10 Å². The number of aromatic nitrogens is 2. The van der Waals surface area contributed by atoms with Gasteiger partial charge in [0, 0.05) is 38.1 Å². The highest BCUT2D eigenvalue weighted by Gasteiger charge is 2.27. The van der Waals surface area contributed by atoms with Crippen molar-refractivity contribution in [2.75, 3.05) is 32.8 Å². The predicted octanol–water partition coefficient (Wildman–Crippen LogP) is 1.15. The fourth-order valence-electron chi connectivity index (χ4n) is 3.60. The van der Waals surface area contributed by atoms with Crippen molar-refractivity contribution in [1.82, 2.24) is 19.6 Å². The molecule has 0 spiro atoms. The summed E-state index contributed by atoms with van der Waals surface area (Å²) in [6, 6.07) is 9.89. The Bertz CT molecular complexity index is 1210. The van der Waals surface area contributed by atoms with Gasteiger partial charge in [0.05, 0.1) is 11.6 Å². The van der Waals surface area contributed by atoms with Crippen LogP contribution < -0.4 is 5.56 Å². The molecule has 0 aliphatic carbocycles. The van der Waals surface area contributed by atoms with Crippen LogP contribution >= 0.6 is 0 Å². The van der Waals surface area contributed by atoms with Gasteiger partial charge >= 0.3 is 5.97 Å². The minimum atomic E-state index is -0.775. The van der Waals surface area contributed by atoms with Gasteiger partial charge in [-0.15, -0.1) is 0 Å². The molecule has 3 heterocycles. The van der Waals surface area contributed by atoms with Crippen molar-refractivity contribution >= 4 is 28.6 Å². The van der Waals surface area contributed by atoms with Gasteiger partial charge in [-0.25, -0.2) is 9.48 Å². The first kappa shape index (κ1) is 21.3. The molecule has 1 aliphatic rings. The van der Waals surface area contributed by atoms with Gasteiger partial charge in [0.15, 0.2) is 18.1 Å². The molecule has 32 heavy (non-hydrogen) atoms. The number of carbonyl (C=O) groups is 3. The number of piperazine rings is 1. The summed E-state index contributed by atoms with van der Waals surface area (Å²) < 4.78 is 11.5. The average Bonchev–Trinajstić information content (AvgIpc) is 3.37. The molecule has 166 valence electrons. The molecule has 0 N–H and O–H groups in total. The molecule has 2 aromatic heterocycles. The van der Waals surface area contributed by atoms with Crippen molar-refractivity contribution in [3.05, 3.63) is 64.5 Å². The Morgan fingerprint density at radius 3 is 2.34 bits per heavy atom. The quantitative estimate of drug-likeness (QED) is 0.549. The molecule has 0 radical (unpaired) electrons. The zero-order valence-corrected chi connectivity index (χ0v) is 17.5. The van der Waals surface area contributed by atoms with E-state index in [2.05, 4.69) is 5.10 Å². The maximum Gasteiger partial charge on any atom is 0.359 e. The Morgan fingerprint density at radius 1 is 1.00 bits per heavy atom. The van der Waals surface area contributed by atoms with Crippen LogP contribution in [0.3, 0.4) is 0 Å². The Labute approximate surface area is 183 Å². The summed E-state index contributed by atoms with van der Waals surface area (Å²) in [5.41, 5.74) is -0.304. The first-order chi connectivity index (χ1) is 15.5. The number of benzene rings is 1. The van der Waals surface area contributed by atoms with Crippen molar-refractivity contribution in [1.29, 1.82) is 0 Å². The SMILES string of the molecule is CCn1nc(C(=O)OCC(=O)N2CCN(C(=O)c3ccco3)CC2)c2ccccc2c1=O. The molecule has 2 amide bonds. The molecule has 0 unspecified atom stereocenters.